The molecule has 0 aliphatic rings. The molecule has 0 fully saturated rings. The average molecular weight is 241 g/mol. The second-order valence-electron chi connectivity index (χ2n) is 4.66. The van der Waals surface area contributed by atoms with Crippen LogP contribution in [-0.4, -0.2) is 24.8 Å². The van der Waals surface area contributed by atoms with Crippen molar-refractivity contribution in [1.82, 2.24) is 5.32 Å². The largest absolute Gasteiger partial charge is 0.497 e. The molecule has 1 unspecified atom stereocenters. The van der Waals surface area contributed by atoms with Crippen LogP contribution in [0.15, 0.2) is 18.2 Å². The Balaban J connectivity index is 2.90. The van der Waals surface area contributed by atoms with Gasteiger partial charge in [-0.3, -0.25) is 0 Å². The van der Waals surface area contributed by atoms with Crippen LogP contribution < -0.4 is 10.1 Å². The minimum absolute atomic E-state index is 0.239. The molecule has 0 spiro atoms. The summed E-state index contributed by atoms with van der Waals surface area (Å²) < 4.78 is 18.7. The number of aliphatic hydroxyl groups is 1. The number of methoxy groups -OCH3 is 1. The van der Waals surface area contributed by atoms with Gasteiger partial charge < -0.3 is 15.2 Å². The van der Waals surface area contributed by atoms with Crippen molar-refractivity contribution in [1.29, 1.82) is 0 Å². The van der Waals surface area contributed by atoms with E-state index in [4.69, 9.17) is 4.74 Å². The minimum atomic E-state index is -1.24. The molecule has 0 aliphatic carbocycles. The first-order valence-electron chi connectivity index (χ1n) is 5.66. The van der Waals surface area contributed by atoms with Gasteiger partial charge in [-0.1, -0.05) is 13.8 Å². The van der Waals surface area contributed by atoms with Gasteiger partial charge in [0.2, 0.25) is 0 Å². The van der Waals surface area contributed by atoms with E-state index in [0.717, 1.165) is 0 Å². The van der Waals surface area contributed by atoms with Crippen LogP contribution >= 0.6 is 0 Å². The molecule has 0 amide bonds. The molecule has 1 rings (SSSR count). The van der Waals surface area contributed by atoms with Crippen molar-refractivity contribution >= 4 is 0 Å². The Morgan fingerprint density at radius 3 is 2.59 bits per heavy atom. The molecule has 3 nitrogen and oxygen atoms in total. The van der Waals surface area contributed by atoms with Crippen LogP contribution in [0.2, 0.25) is 0 Å². The summed E-state index contributed by atoms with van der Waals surface area (Å²) in [6, 6.07) is 4.71. The molecule has 1 aromatic carbocycles. The van der Waals surface area contributed by atoms with Gasteiger partial charge >= 0.3 is 0 Å². The normalized spacial score (nSPS) is 14.8. The zero-order valence-corrected chi connectivity index (χ0v) is 10.7. The van der Waals surface area contributed by atoms with Crippen molar-refractivity contribution in [3.63, 3.8) is 0 Å². The van der Waals surface area contributed by atoms with Gasteiger partial charge in [0.15, 0.2) is 0 Å². The van der Waals surface area contributed by atoms with Gasteiger partial charge in [0.1, 0.15) is 17.2 Å². The van der Waals surface area contributed by atoms with Gasteiger partial charge in [-0.25, -0.2) is 4.39 Å². The van der Waals surface area contributed by atoms with E-state index >= 15 is 0 Å². The fourth-order valence-corrected chi connectivity index (χ4v) is 1.56. The van der Waals surface area contributed by atoms with Crippen LogP contribution in [0.3, 0.4) is 0 Å². The fourth-order valence-electron chi connectivity index (χ4n) is 1.56. The molecule has 1 aromatic rings. The van der Waals surface area contributed by atoms with Crippen LogP contribution in [0.25, 0.3) is 0 Å². The smallest absolute Gasteiger partial charge is 0.133 e. The topological polar surface area (TPSA) is 41.5 Å². The van der Waals surface area contributed by atoms with Crippen molar-refractivity contribution in [2.45, 2.75) is 32.4 Å². The highest BCUT2D eigenvalue weighted by molar-refractivity contribution is 5.32. The van der Waals surface area contributed by atoms with Crippen LogP contribution in [0, 0.1) is 5.82 Å². The maximum Gasteiger partial charge on any atom is 0.133 e. The first-order valence-corrected chi connectivity index (χ1v) is 5.66. The van der Waals surface area contributed by atoms with E-state index in [0.29, 0.717) is 12.3 Å². The maximum atomic E-state index is 13.8. The first kappa shape index (κ1) is 13.9. The number of ether oxygens (including phenoxy) is 1. The monoisotopic (exact) mass is 241 g/mol. The Hall–Kier alpha value is -1.13. The third-order valence-corrected chi connectivity index (χ3v) is 2.61. The summed E-state index contributed by atoms with van der Waals surface area (Å²) in [6.45, 7) is 5.84. The number of hydrogen-bond donors (Lipinski definition) is 2. The summed E-state index contributed by atoms with van der Waals surface area (Å²) in [4.78, 5) is 0. The standard InChI is InChI=1S/C13H20FNO2/c1-9(2)15-8-13(3,16)11-6-5-10(17-4)7-12(11)14/h5-7,9,15-16H,8H2,1-4H3. The van der Waals surface area contributed by atoms with Crippen molar-refractivity contribution in [2.75, 3.05) is 13.7 Å². The Morgan fingerprint density at radius 1 is 1.47 bits per heavy atom. The maximum absolute atomic E-state index is 13.8. The Bertz CT molecular complexity index is 378. The van der Waals surface area contributed by atoms with Crippen LogP contribution in [0.1, 0.15) is 26.3 Å². The summed E-state index contributed by atoms with van der Waals surface area (Å²) in [7, 11) is 1.48. The third-order valence-electron chi connectivity index (χ3n) is 2.61. The van der Waals surface area contributed by atoms with E-state index in [-0.39, 0.29) is 11.6 Å². The predicted molar refractivity (Wildman–Crippen MR) is 65.7 cm³/mol. The summed E-state index contributed by atoms with van der Waals surface area (Å²) in [5.41, 5.74) is -0.966. The second kappa shape index (κ2) is 5.47. The summed E-state index contributed by atoms with van der Waals surface area (Å²) in [5, 5.41) is 13.3. The zero-order chi connectivity index (χ0) is 13.1. The van der Waals surface area contributed by atoms with E-state index < -0.39 is 11.4 Å². The van der Waals surface area contributed by atoms with Crippen molar-refractivity contribution in [3.8, 4) is 5.75 Å². The van der Waals surface area contributed by atoms with Gasteiger partial charge in [-0.05, 0) is 19.1 Å². The lowest BCUT2D eigenvalue weighted by Crippen LogP contribution is -2.39. The molecule has 0 saturated heterocycles. The number of nitrogens with one attached hydrogen (secondary N) is 1. The molecule has 0 aromatic heterocycles. The van der Waals surface area contributed by atoms with E-state index in [2.05, 4.69) is 5.32 Å². The highest BCUT2D eigenvalue weighted by Gasteiger charge is 2.26. The molecule has 0 aliphatic heterocycles. The van der Waals surface area contributed by atoms with Gasteiger partial charge in [0.05, 0.1) is 7.11 Å². The molecule has 4 heteroatoms. The predicted octanol–water partition coefficient (Wildman–Crippen LogP) is 2.04. The molecule has 2 N–H and O–H groups in total. The van der Waals surface area contributed by atoms with Crippen LogP contribution in [0.5, 0.6) is 5.75 Å². The molecular weight excluding hydrogens is 221 g/mol. The number of benzene rings is 1. The molecule has 96 valence electrons. The van der Waals surface area contributed by atoms with Crippen LogP contribution in [-0.2, 0) is 5.60 Å². The fraction of sp³-hybridized carbons (Fsp3) is 0.538. The lowest BCUT2D eigenvalue weighted by atomic mass is 9.95. The Kier molecular flexibility index (Phi) is 4.48. The van der Waals surface area contributed by atoms with Gasteiger partial charge in [0, 0.05) is 24.2 Å². The minimum Gasteiger partial charge on any atom is -0.497 e. The second-order valence-corrected chi connectivity index (χ2v) is 4.66. The SMILES string of the molecule is COc1ccc(C(C)(O)CNC(C)C)c(F)c1. The van der Waals surface area contributed by atoms with Crippen molar-refractivity contribution < 1.29 is 14.2 Å². The Morgan fingerprint density at radius 2 is 2.12 bits per heavy atom. The molecule has 0 radical (unpaired) electrons. The highest BCUT2D eigenvalue weighted by atomic mass is 19.1. The zero-order valence-electron chi connectivity index (χ0n) is 10.7. The molecule has 17 heavy (non-hydrogen) atoms. The van der Waals surface area contributed by atoms with Crippen molar-refractivity contribution in [2.24, 2.45) is 0 Å². The van der Waals surface area contributed by atoms with Gasteiger partial charge in [0.25, 0.3) is 0 Å². The molecule has 0 bridgehead atoms. The Labute approximate surface area is 102 Å². The summed E-state index contributed by atoms with van der Waals surface area (Å²) >= 11 is 0. The number of rotatable bonds is 5. The van der Waals surface area contributed by atoms with E-state index in [1.807, 2.05) is 13.8 Å². The molecular formula is C13H20FNO2. The lowest BCUT2D eigenvalue weighted by molar-refractivity contribution is 0.0512. The third kappa shape index (κ3) is 3.68. The van der Waals surface area contributed by atoms with E-state index in [1.165, 1.54) is 13.2 Å². The van der Waals surface area contributed by atoms with E-state index in [9.17, 15) is 9.50 Å². The summed E-state index contributed by atoms with van der Waals surface area (Å²) in [5.74, 6) is -0.0150. The first-order chi connectivity index (χ1) is 7.86. The number of halogens is 1. The van der Waals surface area contributed by atoms with Gasteiger partial charge in [-0.15, -0.1) is 0 Å². The number of hydrogen-bond acceptors (Lipinski definition) is 3. The lowest BCUT2D eigenvalue weighted by Gasteiger charge is -2.26. The molecule has 0 heterocycles. The van der Waals surface area contributed by atoms with E-state index in [1.54, 1.807) is 19.1 Å². The molecule has 0 saturated carbocycles. The summed E-state index contributed by atoms with van der Waals surface area (Å²) in [6.07, 6.45) is 0. The highest BCUT2D eigenvalue weighted by Crippen LogP contribution is 2.26. The molecule has 1 atom stereocenters. The quantitative estimate of drug-likeness (QED) is 0.829. The van der Waals surface area contributed by atoms with Crippen molar-refractivity contribution in [3.05, 3.63) is 29.6 Å². The average Bonchev–Trinajstić information content (AvgIpc) is 2.26. The van der Waals surface area contributed by atoms with Gasteiger partial charge in [-0.2, -0.15) is 0 Å². The van der Waals surface area contributed by atoms with Crippen LogP contribution in [0.4, 0.5) is 4.39 Å².